The molecule has 0 aromatic rings. The van der Waals surface area contributed by atoms with Crippen molar-refractivity contribution in [3.8, 4) is 0 Å². The summed E-state index contributed by atoms with van der Waals surface area (Å²) < 4.78 is 0. The highest BCUT2D eigenvalue weighted by Crippen LogP contribution is 2.32. The lowest BCUT2D eigenvalue weighted by Crippen LogP contribution is -2.50. The van der Waals surface area contributed by atoms with Gasteiger partial charge in [0, 0.05) is 25.1 Å². The van der Waals surface area contributed by atoms with Gasteiger partial charge in [0.15, 0.2) is 0 Å². The Morgan fingerprint density at radius 3 is 2.82 bits per heavy atom. The first-order valence-electron chi connectivity index (χ1n) is 6.77. The number of nitrogens with zero attached hydrogens (tertiary/aromatic N) is 1. The first-order valence-corrected chi connectivity index (χ1v) is 6.77. The zero-order valence-corrected chi connectivity index (χ0v) is 10.7. The van der Waals surface area contributed by atoms with E-state index in [4.69, 9.17) is 0 Å². The van der Waals surface area contributed by atoms with Crippen molar-refractivity contribution >= 4 is 5.91 Å². The number of carbonyl (C=O) groups is 1. The number of piperidine rings is 2. The summed E-state index contributed by atoms with van der Waals surface area (Å²) in [4.78, 5) is 14.5. The maximum Gasteiger partial charge on any atom is 0.228 e. The molecule has 2 saturated heterocycles. The molecule has 2 aliphatic heterocycles. The van der Waals surface area contributed by atoms with E-state index in [-0.39, 0.29) is 17.9 Å². The second kappa shape index (κ2) is 5.36. The lowest BCUT2D eigenvalue weighted by Gasteiger charge is -2.40. The van der Waals surface area contributed by atoms with Gasteiger partial charge in [-0.05, 0) is 44.7 Å². The molecular weight excluding hydrogens is 216 g/mol. The van der Waals surface area contributed by atoms with E-state index in [1.165, 1.54) is 0 Å². The summed E-state index contributed by atoms with van der Waals surface area (Å²) in [6.45, 7) is 5.82. The van der Waals surface area contributed by atoms with E-state index in [2.05, 4.69) is 12.2 Å². The lowest BCUT2D eigenvalue weighted by atomic mass is 9.79. The molecule has 0 aliphatic carbocycles. The first kappa shape index (κ1) is 12.8. The molecular formula is C13H24N2O2. The lowest BCUT2D eigenvalue weighted by molar-refractivity contribution is -0.145. The molecule has 1 atom stereocenters. The Hall–Kier alpha value is -0.610. The predicted octanol–water partition coefficient (Wildman–Crippen LogP) is 0.607. The molecule has 1 amide bonds. The van der Waals surface area contributed by atoms with E-state index >= 15 is 0 Å². The summed E-state index contributed by atoms with van der Waals surface area (Å²) in [5, 5.41) is 12.5. The predicted molar refractivity (Wildman–Crippen MR) is 66.6 cm³/mol. The maximum absolute atomic E-state index is 12.6. The van der Waals surface area contributed by atoms with Crippen LogP contribution in [0.15, 0.2) is 0 Å². The molecule has 0 bridgehead atoms. The van der Waals surface area contributed by atoms with E-state index in [0.29, 0.717) is 5.91 Å². The Morgan fingerprint density at radius 2 is 2.18 bits per heavy atom. The van der Waals surface area contributed by atoms with Crippen LogP contribution < -0.4 is 5.32 Å². The van der Waals surface area contributed by atoms with Gasteiger partial charge >= 0.3 is 0 Å². The van der Waals surface area contributed by atoms with Gasteiger partial charge in [0.1, 0.15) is 0 Å². The van der Waals surface area contributed by atoms with Crippen molar-refractivity contribution in [2.45, 2.75) is 32.6 Å². The molecule has 0 radical (unpaired) electrons. The average Bonchev–Trinajstić information content (AvgIpc) is 2.39. The highest BCUT2D eigenvalue weighted by Gasteiger charge is 2.38. The summed E-state index contributed by atoms with van der Waals surface area (Å²) in [5.41, 5.74) is -0.178. The molecule has 0 spiro atoms. The molecule has 2 heterocycles. The highest BCUT2D eigenvalue weighted by atomic mass is 16.3. The molecule has 0 aromatic carbocycles. The van der Waals surface area contributed by atoms with Crippen LogP contribution in [0.2, 0.25) is 0 Å². The molecule has 4 heteroatoms. The molecule has 0 aromatic heterocycles. The van der Waals surface area contributed by atoms with Crippen molar-refractivity contribution < 1.29 is 9.90 Å². The van der Waals surface area contributed by atoms with Crippen molar-refractivity contribution in [1.29, 1.82) is 0 Å². The van der Waals surface area contributed by atoms with Crippen molar-refractivity contribution in [1.82, 2.24) is 10.2 Å². The second-order valence-electron chi connectivity index (χ2n) is 5.75. The highest BCUT2D eigenvalue weighted by molar-refractivity contribution is 5.82. The standard InChI is InChI=1S/C13H24N2O2/c1-13(4-6-14-7-5-13)12(17)15-8-2-3-11(9-15)10-16/h11,14,16H,2-10H2,1H3. The molecule has 1 unspecified atom stereocenters. The monoisotopic (exact) mass is 240 g/mol. The summed E-state index contributed by atoms with van der Waals surface area (Å²) in [5.74, 6) is 0.593. The van der Waals surface area contributed by atoms with Crippen LogP contribution in [0.25, 0.3) is 0 Å². The van der Waals surface area contributed by atoms with Gasteiger partial charge in [-0.2, -0.15) is 0 Å². The zero-order chi connectivity index (χ0) is 12.3. The van der Waals surface area contributed by atoms with E-state index in [1.807, 2.05) is 4.90 Å². The van der Waals surface area contributed by atoms with Crippen LogP contribution in [-0.4, -0.2) is 48.7 Å². The Labute approximate surface area is 103 Å². The van der Waals surface area contributed by atoms with E-state index < -0.39 is 0 Å². The van der Waals surface area contributed by atoms with Crippen molar-refractivity contribution in [2.75, 3.05) is 32.8 Å². The largest absolute Gasteiger partial charge is 0.396 e. The fourth-order valence-electron chi connectivity index (χ4n) is 2.97. The second-order valence-corrected chi connectivity index (χ2v) is 5.75. The first-order chi connectivity index (χ1) is 8.15. The summed E-state index contributed by atoms with van der Waals surface area (Å²) >= 11 is 0. The number of aliphatic hydroxyl groups is 1. The smallest absolute Gasteiger partial charge is 0.228 e. The molecule has 2 N–H and O–H groups in total. The van der Waals surface area contributed by atoms with E-state index in [0.717, 1.165) is 51.9 Å². The number of hydrogen-bond acceptors (Lipinski definition) is 3. The summed E-state index contributed by atoms with van der Waals surface area (Å²) in [6.07, 6.45) is 3.96. The fourth-order valence-corrected chi connectivity index (χ4v) is 2.97. The van der Waals surface area contributed by atoms with Crippen LogP contribution in [0, 0.1) is 11.3 Å². The molecule has 98 valence electrons. The van der Waals surface area contributed by atoms with Gasteiger partial charge in [-0.25, -0.2) is 0 Å². The third kappa shape index (κ3) is 2.80. The fraction of sp³-hybridized carbons (Fsp3) is 0.923. The molecule has 2 aliphatic rings. The summed E-state index contributed by atoms with van der Waals surface area (Å²) in [6, 6.07) is 0. The normalized spacial score (nSPS) is 29.1. The quantitative estimate of drug-likeness (QED) is 0.743. The molecule has 17 heavy (non-hydrogen) atoms. The Morgan fingerprint density at radius 1 is 1.47 bits per heavy atom. The average molecular weight is 240 g/mol. The van der Waals surface area contributed by atoms with Gasteiger partial charge in [-0.15, -0.1) is 0 Å². The van der Waals surface area contributed by atoms with Gasteiger partial charge in [-0.3, -0.25) is 4.79 Å². The van der Waals surface area contributed by atoms with Crippen molar-refractivity contribution in [3.63, 3.8) is 0 Å². The number of likely N-dealkylation sites (tertiary alicyclic amines) is 1. The number of carbonyl (C=O) groups excluding carboxylic acids is 1. The van der Waals surface area contributed by atoms with Gasteiger partial charge < -0.3 is 15.3 Å². The SMILES string of the molecule is CC1(C(=O)N2CCCC(CO)C2)CCNCC1. The van der Waals surface area contributed by atoms with Crippen LogP contribution in [0.1, 0.15) is 32.6 Å². The third-order valence-electron chi connectivity index (χ3n) is 4.29. The van der Waals surface area contributed by atoms with Crippen LogP contribution in [0.4, 0.5) is 0 Å². The number of hydrogen-bond donors (Lipinski definition) is 2. The minimum Gasteiger partial charge on any atom is -0.396 e. The molecule has 0 saturated carbocycles. The number of nitrogens with one attached hydrogen (secondary N) is 1. The van der Waals surface area contributed by atoms with Gasteiger partial charge in [0.05, 0.1) is 0 Å². The Kier molecular flexibility index (Phi) is 4.05. The maximum atomic E-state index is 12.6. The van der Waals surface area contributed by atoms with E-state index in [1.54, 1.807) is 0 Å². The van der Waals surface area contributed by atoms with E-state index in [9.17, 15) is 9.90 Å². The van der Waals surface area contributed by atoms with Gasteiger partial charge in [0.2, 0.25) is 5.91 Å². The van der Waals surface area contributed by atoms with Crippen LogP contribution >= 0.6 is 0 Å². The molecule has 2 fully saturated rings. The Bertz CT molecular complexity index is 275. The summed E-state index contributed by atoms with van der Waals surface area (Å²) in [7, 11) is 0. The number of amides is 1. The minimum atomic E-state index is -0.178. The van der Waals surface area contributed by atoms with Crippen LogP contribution in [0.5, 0.6) is 0 Å². The van der Waals surface area contributed by atoms with Gasteiger partial charge in [-0.1, -0.05) is 6.92 Å². The number of aliphatic hydroxyl groups excluding tert-OH is 1. The van der Waals surface area contributed by atoms with Gasteiger partial charge in [0.25, 0.3) is 0 Å². The molecule has 2 rings (SSSR count). The zero-order valence-electron chi connectivity index (χ0n) is 10.7. The Balaban J connectivity index is 1.98. The molecule has 4 nitrogen and oxygen atoms in total. The van der Waals surface area contributed by atoms with Crippen LogP contribution in [-0.2, 0) is 4.79 Å². The van der Waals surface area contributed by atoms with Crippen molar-refractivity contribution in [3.05, 3.63) is 0 Å². The van der Waals surface area contributed by atoms with Crippen LogP contribution in [0.3, 0.4) is 0 Å². The van der Waals surface area contributed by atoms with Crippen molar-refractivity contribution in [2.24, 2.45) is 11.3 Å². The minimum absolute atomic E-state index is 0.178. The number of rotatable bonds is 2. The third-order valence-corrected chi connectivity index (χ3v) is 4.29. The topological polar surface area (TPSA) is 52.6 Å².